The highest BCUT2D eigenvalue weighted by Crippen LogP contribution is 2.18. The number of carbonyl (C=O) groups is 1. The Morgan fingerprint density at radius 1 is 1.10 bits per heavy atom. The number of carbonyl (C=O) groups excluding carboxylic acids is 1. The van der Waals surface area contributed by atoms with E-state index in [9.17, 15) is 4.79 Å². The van der Waals surface area contributed by atoms with Crippen LogP contribution in [0.25, 0.3) is 0 Å². The van der Waals surface area contributed by atoms with Crippen LogP contribution in [0.2, 0.25) is 0 Å². The second kappa shape index (κ2) is 6.41. The molecule has 1 fully saturated rings. The van der Waals surface area contributed by atoms with Crippen molar-refractivity contribution in [3.63, 3.8) is 0 Å². The quantitative estimate of drug-likeness (QED) is 0.832. The molecule has 2 aliphatic rings. The van der Waals surface area contributed by atoms with Gasteiger partial charge in [0.05, 0.1) is 5.75 Å². The van der Waals surface area contributed by atoms with Gasteiger partial charge in [-0.15, -0.1) is 0 Å². The van der Waals surface area contributed by atoms with Crippen LogP contribution < -0.4 is 0 Å². The van der Waals surface area contributed by atoms with Crippen LogP contribution in [-0.4, -0.2) is 52.8 Å². The van der Waals surface area contributed by atoms with Crippen molar-refractivity contribution in [1.29, 1.82) is 0 Å². The summed E-state index contributed by atoms with van der Waals surface area (Å²) in [7, 11) is 0. The fourth-order valence-electron chi connectivity index (χ4n) is 2.62. The Labute approximate surface area is 123 Å². The zero-order valence-corrected chi connectivity index (χ0v) is 12.3. The van der Waals surface area contributed by atoms with E-state index >= 15 is 0 Å². The predicted octanol–water partition coefficient (Wildman–Crippen LogP) is 1.82. The molecule has 1 amide bonds. The van der Waals surface area contributed by atoms with Gasteiger partial charge < -0.3 is 4.90 Å². The van der Waals surface area contributed by atoms with Gasteiger partial charge in [0.25, 0.3) is 5.91 Å². The molecule has 1 aromatic carbocycles. The fraction of sp³-hybridized carbons (Fsp3) is 0.467. The van der Waals surface area contributed by atoms with Crippen molar-refractivity contribution in [2.75, 3.05) is 31.9 Å². The normalized spacial score (nSPS) is 20.9. The molecule has 20 heavy (non-hydrogen) atoms. The highest BCUT2D eigenvalue weighted by atomic mass is 32.2. The van der Waals surface area contributed by atoms with Crippen LogP contribution >= 0.6 is 11.8 Å². The number of amides is 1. The molecule has 0 bridgehead atoms. The summed E-state index contributed by atoms with van der Waals surface area (Å²) in [5.74, 6) is 0.523. The first-order chi connectivity index (χ1) is 9.81. The van der Waals surface area contributed by atoms with Crippen molar-refractivity contribution < 1.29 is 4.79 Å². The van der Waals surface area contributed by atoms with E-state index in [1.54, 1.807) is 11.8 Å². The first kappa shape index (κ1) is 13.6. The van der Waals surface area contributed by atoms with Gasteiger partial charge in [-0.25, -0.2) is 0 Å². The molecular weight excluding hydrogens is 270 g/mol. The molecule has 0 spiro atoms. The molecule has 0 saturated carbocycles. The van der Waals surface area contributed by atoms with Crippen molar-refractivity contribution in [3.05, 3.63) is 35.9 Å². The summed E-state index contributed by atoms with van der Waals surface area (Å²) >= 11 is 1.58. The van der Waals surface area contributed by atoms with Gasteiger partial charge in [0, 0.05) is 32.7 Å². The third-order valence-corrected chi connectivity index (χ3v) is 4.65. The summed E-state index contributed by atoms with van der Waals surface area (Å²) in [6.07, 6.45) is 1.13. The Balaban J connectivity index is 1.57. The van der Waals surface area contributed by atoms with E-state index in [-0.39, 0.29) is 5.91 Å². The lowest BCUT2D eigenvalue weighted by Gasteiger charge is -2.22. The molecule has 0 unspecified atom stereocenters. The lowest BCUT2D eigenvalue weighted by atomic mass is 10.2. The van der Waals surface area contributed by atoms with Gasteiger partial charge in [0.15, 0.2) is 5.17 Å². The maximum atomic E-state index is 11.2. The van der Waals surface area contributed by atoms with Crippen LogP contribution in [-0.2, 0) is 11.3 Å². The monoisotopic (exact) mass is 289 g/mol. The molecule has 1 aromatic rings. The van der Waals surface area contributed by atoms with Gasteiger partial charge in [-0.3, -0.25) is 9.69 Å². The van der Waals surface area contributed by atoms with Crippen molar-refractivity contribution in [3.8, 4) is 0 Å². The van der Waals surface area contributed by atoms with E-state index in [1.165, 1.54) is 5.56 Å². The number of hydrogen-bond donors (Lipinski definition) is 0. The zero-order chi connectivity index (χ0) is 13.8. The molecule has 0 N–H and O–H groups in total. The molecule has 106 valence electrons. The Bertz CT molecular complexity index is 503. The summed E-state index contributed by atoms with van der Waals surface area (Å²) in [6, 6.07) is 10.6. The standard InChI is InChI=1S/C15H19N3OS/c19-14-12-20-15(16-14)18-8-4-7-17(9-10-18)11-13-5-2-1-3-6-13/h1-3,5-6H,4,7-12H2. The summed E-state index contributed by atoms with van der Waals surface area (Å²) in [5.41, 5.74) is 1.36. The third kappa shape index (κ3) is 3.41. The van der Waals surface area contributed by atoms with Crippen LogP contribution in [0.1, 0.15) is 12.0 Å². The maximum absolute atomic E-state index is 11.2. The molecule has 3 rings (SSSR count). The maximum Gasteiger partial charge on any atom is 0.258 e. The first-order valence-corrected chi connectivity index (χ1v) is 8.05. The van der Waals surface area contributed by atoms with Gasteiger partial charge >= 0.3 is 0 Å². The van der Waals surface area contributed by atoms with Gasteiger partial charge in [-0.05, 0) is 12.0 Å². The molecule has 2 aliphatic heterocycles. The van der Waals surface area contributed by atoms with Gasteiger partial charge in [-0.2, -0.15) is 4.99 Å². The molecule has 2 heterocycles. The fourth-order valence-corrected chi connectivity index (χ4v) is 3.47. The van der Waals surface area contributed by atoms with Crippen LogP contribution in [0, 0.1) is 0 Å². The minimum atomic E-state index is 0.00962. The number of hydrogen-bond acceptors (Lipinski definition) is 4. The van der Waals surface area contributed by atoms with E-state index in [0.717, 1.165) is 44.3 Å². The predicted molar refractivity (Wildman–Crippen MR) is 82.8 cm³/mol. The average Bonchev–Trinajstić information content (AvgIpc) is 2.76. The number of rotatable bonds is 2. The van der Waals surface area contributed by atoms with Crippen LogP contribution in [0.3, 0.4) is 0 Å². The SMILES string of the molecule is O=C1CSC(N2CCCN(Cc3ccccc3)CC2)=N1. The third-order valence-electron chi connectivity index (χ3n) is 3.65. The van der Waals surface area contributed by atoms with Gasteiger partial charge in [0.2, 0.25) is 0 Å². The number of thioether (sulfide) groups is 1. The van der Waals surface area contributed by atoms with E-state index in [0.29, 0.717) is 5.75 Å². The van der Waals surface area contributed by atoms with E-state index in [2.05, 4.69) is 45.1 Å². The largest absolute Gasteiger partial charge is 0.350 e. The molecule has 5 heteroatoms. The van der Waals surface area contributed by atoms with Gasteiger partial charge in [0.1, 0.15) is 0 Å². The topological polar surface area (TPSA) is 35.9 Å². The summed E-state index contributed by atoms with van der Waals surface area (Å²) in [4.78, 5) is 20.1. The van der Waals surface area contributed by atoms with Crippen molar-refractivity contribution in [2.24, 2.45) is 4.99 Å². The summed E-state index contributed by atoms with van der Waals surface area (Å²) < 4.78 is 0. The number of nitrogens with zero attached hydrogens (tertiary/aromatic N) is 3. The second-order valence-corrected chi connectivity index (χ2v) is 6.12. The molecule has 4 nitrogen and oxygen atoms in total. The molecule has 0 radical (unpaired) electrons. The Morgan fingerprint density at radius 2 is 1.95 bits per heavy atom. The lowest BCUT2D eigenvalue weighted by Crippen LogP contribution is -2.33. The van der Waals surface area contributed by atoms with Crippen molar-refractivity contribution >= 4 is 22.8 Å². The highest BCUT2D eigenvalue weighted by Gasteiger charge is 2.23. The zero-order valence-electron chi connectivity index (χ0n) is 11.5. The van der Waals surface area contributed by atoms with E-state index in [4.69, 9.17) is 0 Å². The highest BCUT2D eigenvalue weighted by molar-refractivity contribution is 8.14. The summed E-state index contributed by atoms with van der Waals surface area (Å²) in [5, 5.41) is 0.927. The Kier molecular flexibility index (Phi) is 4.38. The van der Waals surface area contributed by atoms with E-state index < -0.39 is 0 Å². The van der Waals surface area contributed by atoms with Crippen LogP contribution in [0.4, 0.5) is 0 Å². The summed E-state index contributed by atoms with van der Waals surface area (Å²) in [6.45, 7) is 5.11. The van der Waals surface area contributed by atoms with Gasteiger partial charge in [-0.1, -0.05) is 42.1 Å². The molecule has 1 saturated heterocycles. The minimum Gasteiger partial charge on any atom is -0.350 e. The van der Waals surface area contributed by atoms with Crippen LogP contribution in [0.5, 0.6) is 0 Å². The van der Waals surface area contributed by atoms with Crippen molar-refractivity contribution in [2.45, 2.75) is 13.0 Å². The Morgan fingerprint density at radius 3 is 2.70 bits per heavy atom. The van der Waals surface area contributed by atoms with Crippen LogP contribution in [0.15, 0.2) is 35.3 Å². The molecular formula is C15H19N3OS. The Hall–Kier alpha value is -1.33. The number of amidine groups is 1. The smallest absolute Gasteiger partial charge is 0.258 e. The van der Waals surface area contributed by atoms with Crippen molar-refractivity contribution in [1.82, 2.24) is 9.80 Å². The second-order valence-electron chi connectivity index (χ2n) is 5.18. The number of aliphatic imine (C=N–C) groups is 1. The minimum absolute atomic E-state index is 0.00962. The molecule has 0 atom stereocenters. The lowest BCUT2D eigenvalue weighted by molar-refractivity contribution is -0.115. The average molecular weight is 289 g/mol. The van der Waals surface area contributed by atoms with E-state index in [1.807, 2.05) is 0 Å². The first-order valence-electron chi connectivity index (χ1n) is 7.07. The molecule has 0 aromatic heterocycles. The number of benzene rings is 1. The molecule has 0 aliphatic carbocycles.